The van der Waals surface area contributed by atoms with E-state index in [4.69, 9.17) is 17.2 Å². The molecular formula is C13H18N4S2. The summed E-state index contributed by atoms with van der Waals surface area (Å²) in [4.78, 5) is 5.90. The molecule has 1 N–H and O–H groups in total. The molecule has 19 heavy (non-hydrogen) atoms. The van der Waals surface area contributed by atoms with Crippen LogP contribution in [-0.4, -0.2) is 19.7 Å². The minimum absolute atomic E-state index is 0.357. The van der Waals surface area contributed by atoms with Crippen LogP contribution >= 0.6 is 23.6 Å². The highest BCUT2D eigenvalue weighted by atomic mass is 32.1. The molecule has 2 aromatic heterocycles. The lowest BCUT2D eigenvalue weighted by atomic mass is 10.2. The van der Waals surface area contributed by atoms with Gasteiger partial charge in [-0.2, -0.15) is 5.10 Å². The van der Waals surface area contributed by atoms with Crippen LogP contribution in [0.2, 0.25) is 0 Å². The van der Waals surface area contributed by atoms with Crippen molar-refractivity contribution in [2.75, 3.05) is 0 Å². The van der Waals surface area contributed by atoms with Gasteiger partial charge in [0.1, 0.15) is 0 Å². The highest BCUT2D eigenvalue weighted by molar-refractivity contribution is 7.71. The molecule has 0 aliphatic heterocycles. The quantitative estimate of drug-likeness (QED) is 0.859. The summed E-state index contributed by atoms with van der Waals surface area (Å²) in [7, 11) is 0. The van der Waals surface area contributed by atoms with Gasteiger partial charge in [0.2, 0.25) is 0 Å². The number of aromatic nitrogens is 4. The summed E-state index contributed by atoms with van der Waals surface area (Å²) in [5.41, 5.74) is 1.22. The summed E-state index contributed by atoms with van der Waals surface area (Å²) in [6.07, 6.45) is 3.55. The molecule has 0 amide bonds. The van der Waals surface area contributed by atoms with Crippen molar-refractivity contribution in [3.63, 3.8) is 0 Å². The fraction of sp³-hybridized carbons (Fsp3) is 0.615. The van der Waals surface area contributed by atoms with Crippen LogP contribution in [0, 0.1) is 11.7 Å². The van der Waals surface area contributed by atoms with Crippen LogP contribution in [0.4, 0.5) is 0 Å². The number of rotatable bonds is 4. The molecule has 0 aromatic carbocycles. The molecule has 0 radical (unpaired) electrons. The fourth-order valence-electron chi connectivity index (χ4n) is 2.29. The number of aromatic amines is 1. The summed E-state index contributed by atoms with van der Waals surface area (Å²) in [5, 5.41) is 8.51. The van der Waals surface area contributed by atoms with Crippen LogP contribution in [-0.2, 0) is 0 Å². The van der Waals surface area contributed by atoms with Gasteiger partial charge in [-0.15, -0.1) is 11.3 Å². The summed E-state index contributed by atoms with van der Waals surface area (Å²) in [6.45, 7) is 6.41. The van der Waals surface area contributed by atoms with Crippen molar-refractivity contribution < 1.29 is 0 Å². The van der Waals surface area contributed by atoms with E-state index in [0.29, 0.717) is 16.7 Å². The molecule has 1 atom stereocenters. The summed E-state index contributed by atoms with van der Waals surface area (Å²) >= 11 is 7.11. The van der Waals surface area contributed by atoms with E-state index in [0.717, 1.165) is 17.3 Å². The predicted molar refractivity (Wildman–Crippen MR) is 80.2 cm³/mol. The largest absolute Gasteiger partial charge is 0.297 e. The van der Waals surface area contributed by atoms with Gasteiger partial charge >= 0.3 is 0 Å². The third kappa shape index (κ3) is 2.27. The van der Waals surface area contributed by atoms with Crippen LogP contribution in [0.15, 0.2) is 0 Å². The van der Waals surface area contributed by atoms with Crippen molar-refractivity contribution in [1.29, 1.82) is 0 Å². The van der Waals surface area contributed by atoms with Crippen molar-refractivity contribution >= 4 is 23.6 Å². The highest BCUT2D eigenvalue weighted by Crippen LogP contribution is 2.45. The monoisotopic (exact) mass is 294 g/mol. The van der Waals surface area contributed by atoms with Crippen LogP contribution < -0.4 is 0 Å². The zero-order chi connectivity index (χ0) is 13.6. The molecule has 1 fully saturated rings. The minimum atomic E-state index is 0.357. The van der Waals surface area contributed by atoms with E-state index in [9.17, 15) is 0 Å². The van der Waals surface area contributed by atoms with Crippen molar-refractivity contribution in [1.82, 2.24) is 19.7 Å². The Labute approximate surface area is 121 Å². The fourth-order valence-corrected chi connectivity index (χ4v) is 3.60. The molecule has 1 unspecified atom stereocenters. The highest BCUT2D eigenvalue weighted by Gasteiger charge is 2.31. The van der Waals surface area contributed by atoms with Crippen molar-refractivity contribution in [2.24, 2.45) is 0 Å². The Bertz CT molecular complexity index is 648. The first-order valence-corrected chi connectivity index (χ1v) is 7.98. The molecule has 102 valence electrons. The molecule has 3 rings (SSSR count). The Hall–Kier alpha value is -1.01. The second kappa shape index (κ2) is 4.83. The SMILES string of the molecule is CCC(C)n1c(-c2sc(C)nc2C2CC2)n[nH]c1=S. The molecule has 2 heterocycles. The number of nitrogens with one attached hydrogen (secondary N) is 1. The van der Waals surface area contributed by atoms with Crippen LogP contribution in [0.1, 0.15) is 55.8 Å². The first kappa shape index (κ1) is 13.0. The normalized spacial score (nSPS) is 16.8. The molecule has 4 nitrogen and oxygen atoms in total. The Morgan fingerprint density at radius 2 is 2.26 bits per heavy atom. The molecule has 1 aliphatic carbocycles. The van der Waals surface area contributed by atoms with Crippen molar-refractivity contribution in [3.8, 4) is 10.7 Å². The third-order valence-corrected chi connectivity index (χ3v) is 4.93. The maximum Gasteiger partial charge on any atom is 0.195 e. The lowest BCUT2D eigenvalue weighted by molar-refractivity contribution is 0.529. The predicted octanol–water partition coefficient (Wildman–Crippen LogP) is 4.22. The smallest absolute Gasteiger partial charge is 0.195 e. The second-order valence-corrected chi connectivity index (χ2v) is 6.79. The number of thiazole rings is 1. The number of H-pyrrole nitrogens is 1. The van der Waals surface area contributed by atoms with Gasteiger partial charge in [-0.25, -0.2) is 4.98 Å². The zero-order valence-corrected chi connectivity index (χ0v) is 13.1. The van der Waals surface area contributed by atoms with E-state index in [-0.39, 0.29) is 0 Å². The van der Waals surface area contributed by atoms with Gasteiger partial charge in [0.15, 0.2) is 10.6 Å². The van der Waals surface area contributed by atoms with Crippen LogP contribution in [0.5, 0.6) is 0 Å². The van der Waals surface area contributed by atoms with E-state index in [1.54, 1.807) is 11.3 Å². The number of nitrogens with zero attached hydrogens (tertiary/aromatic N) is 3. The molecule has 0 bridgehead atoms. The summed E-state index contributed by atoms with van der Waals surface area (Å²) in [6, 6.07) is 0.357. The molecule has 1 aliphatic rings. The molecule has 6 heteroatoms. The van der Waals surface area contributed by atoms with Crippen LogP contribution in [0.25, 0.3) is 10.7 Å². The van der Waals surface area contributed by atoms with Gasteiger partial charge in [0, 0.05) is 12.0 Å². The average Bonchev–Trinajstić information content (AvgIpc) is 3.06. The number of hydrogen-bond donors (Lipinski definition) is 1. The summed E-state index contributed by atoms with van der Waals surface area (Å²) in [5.74, 6) is 1.60. The molecule has 1 saturated carbocycles. The Kier molecular flexibility index (Phi) is 3.30. The summed E-state index contributed by atoms with van der Waals surface area (Å²) < 4.78 is 2.84. The first-order chi connectivity index (χ1) is 9.11. The van der Waals surface area contributed by atoms with Crippen LogP contribution in [0.3, 0.4) is 0 Å². The second-order valence-electron chi connectivity index (χ2n) is 5.20. The van der Waals surface area contributed by atoms with Crippen molar-refractivity contribution in [3.05, 3.63) is 15.5 Å². The minimum Gasteiger partial charge on any atom is -0.297 e. The zero-order valence-electron chi connectivity index (χ0n) is 11.4. The van der Waals surface area contributed by atoms with E-state index in [2.05, 4.69) is 35.5 Å². The van der Waals surface area contributed by atoms with Gasteiger partial charge in [-0.1, -0.05) is 6.92 Å². The average molecular weight is 294 g/mol. The van der Waals surface area contributed by atoms with Gasteiger partial charge in [0.05, 0.1) is 15.6 Å². The maximum absolute atomic E-state index is 5.38. The molecular weight excluding hydrogens is 276 g/mol. The Morgan fingerprint density at radius 1 is 1.53 bits per heavy atom. The van der Waals surface area contributed by atoms with Gasteiger partial charge in [0.25, 0.3) is 0 Å². The van der Waals surface area contributed by atoms with E-state index in [1.807, 2.05) is 0 Å². The Morgan fingerprint density at radius 3 is 2.89 bits per heavy atom. The standard InChI is InChI=1S/C13H18N4S2/c1-4-7(2)17-12(15-16-13(17)18)11-10(9-5-6-9)14-8(3)19-11/h7,9H,4-6H2,1-3H3,(H,16,18). The maximum atomic E-state index is 5.38. The lowest BCUT2D eigenvalue weighted by Crippen LogP contribution is -2.06. The number of aryl methyl sites for hydroxylation is 1. The lowest BCUT2D eigenvalue weighted by Gasteiger charge is -2.12. The molecule has 0 saturated heterocycles. The van der Waals surface area contributed by atoms with E-state index in [1.165, 1.54) is 23.4 Å². The molecule has 2 aromatic rings. The number of hydrogen-bond acceptors (Lipinski definition) is 4. The third-order valence-electron chi connectivity index (χ3n) is 3.66. The van der Waals surface area contributed by atoms with Gasteiger partial charge in [-0.05, 0) is 45.3 Å². The molecule has 0 spiro atoms. The van der Waals surface area contributed by atoms with E-state index >= 15 is 0 Å². The van der Waals surface area contributed by atoms with Gasteiger partial charge in [-0.3, -0.25) is 9.67 Å². The van der Waals surface area contributed by atoms with Crippen molar-refractivity contribution in [2.45, 2.75) is 52.0 Å². The van der Waals surface area contributed by atoms with Gasteiger partial charge < -0.3 is 0 Å². The first-order valence-electron chi connectivity index (χ1n) is 6.76. The van der Waals surface area contributed by atoms with E-state index < -0.39 is 0 Å². The topological polar surface area (TPSA) is 46.5 Å². The Balaban J connectivity index is 2.14.